The molecule has 18 heavy (non-hydrogen) atoms. The van der Waals surface area contributed by atoms with Crippen LogP contribution in [0.25, 0.3) is 0 Å². The maximum atomic E-state index is 13.4. The van der Waals surface area contributed by atoms with Crippen LogP contribution in [0.2, 0.25) is 10.0 Å². The predicted molar refractivity (Wildman–Crippen MR) is 72.4 cm³/mol. The third-order valence-electron chi connectivity index (χ3n) is 2.25. The van der Waals surface area contributed by atoms with E-state index in [1.165, 1.54) is 17.8 Å². The first-order valence-electron chi connectivity index (χ1n) is 4.98. The minimum atomic E-state index is -0.532. The largest absolute Gasteiger partial charge is 0.298 e. The highest BCUT2D eigenvalue weighted by atomic mass is 35.5. The Morgan fingerprint density at radius 2 is 1.89 bits per heavy atom. The lowest BCUT2D eigenvalue weighted by molar-refractivity contribution is 0.111. The Morgan fingerprint density at radius 3 is 2.56 bits per heavy atom. The number of halogens is 3. The van der Waals surface area contributed by atoms with Gasteiger partial charge in [-0.3, -0.25) is 4.79 Å². The number of hydrogen-bond donors (Lipinski definition) is 0. The lowest BCUT2D eigenvalue weighted by Crippen LogP contribution is -1.90. The Hall–Kier alpha value is -1.03. The summed E-state index contributed by atoms with van der Waals surface area (Å²) in [5.41, 5.74) is 0.0496. The second kappa shape index (κ2) is 5.74. The van der Waals surface area contributed by atoms with Gasteiger partial charge in [0, 0.05) is 9.79 Å². The molecule has 0 N–H and O–H groups in total. The number of hydrogen-bond acceptors (Lipinski definition) is 2. The van der Waals surface area contributed by atoms with E-state index in [0.717, 1.165) is 4.90 Å². The number of aldehydes is 1. The minimum Gasteiger partial charge on any atom is -0.298 e. The summed E-state index contributed by atoms with van der Waals surface area (Å²) in [7, 11) is 0. The maximum Gasteiger partial charge on any atom is 0.154 e. The third-order valence-corrected chi connectivity index (χ3v) is 4.05. The molecule has 0 heterocycles. The van der Waals surface area contributed by atoms with Gasteiger partial charge in [-0.1, -0.05) is 41.0 Å². The molecule has 0 fully saturated rings. The van der Waals surface area contributed by atoms with Crippen LogP contribution in [-0.2, 0) is 0 Å². The van der Waals surface area contributed by atoms with Gasteiger partial charge in [-0.05, 0) is 30.3 Å². The van der Waals surface area contributed by atoms with Gasteiger partial charge in [0.15, 0.2) is 6.29 Å². The van der Waals surface area contributed by atoms with E-state index < -0.39 is 5.82 Å². The van der Waals surface area contributed by atoms with Gasteiger partial charge in [-0.25, -0.2) is 4.39 Å². The molecular weight excluding hydrogens is 294 g/mol. The Kier molecular flexibility index (Phi) is 4.27. The summed E-state index contributed by atoms with van der Waals surface area (Å²) >= 11 is 13.0. The van der Waals surface area contributed by atoms with Crippen LogP contribution in [0, 0.1) is 5.82 Å². The van der Waals surface area contributed by atoms with E-state index >= 15 is 0 Å². The topological polar surface area (TPSA) is 17.1 Å². The van der Waals surface area contributed by atoms with Gasteiger partial charge < -0.3 is 0 Å². The van der Waals surface area contributed by atoms with E-state index in [4.69, 9.17) is 23.2 Å². The van der Waals surface area contributed by atoms with E-state index in [-0.39, 0.29) is 5.56 Å². The highest BCUT2D eigenvalue weighted by molar-refractivity contribution is 7.99. The molecule has 2 aromatic rings. The number of benzene rings is 2. The Labute approximate surface area is 118 Å². The van der Waals surface area contributed by atoms with Crippen LogP contribution in [0.3, 0.4) is 0 Å². The van der Waals surface area contributed by atoms with Crippen molar-refractivity contribution in [1.82, 2.24) is 0 Å². The monoisotopic (exact) mass is 300 g/mol. The zero-order chi connectivity index (χ0) is 13.1. The van der Waals surface area contributed by atoms with Crippen LogP contribution in [0.15, 0.2) is 46.2 Å². The van der Waals surface area contributed by atoms with Crippen molar-refractivity contribution in [3.8, 4) is 0 Å². The lowest BCUT2D eigenvalue weighted by atomic mass is 10.2. The van der Waals surface area contributed by atoms with Crippen LogP contribution in [0.4, 0.5) is 4.39 Å². The Balaban J connectivity index is 2.36. The normalized spacial score (nSPS) is 10.4. The first kappa shape index (κ1) is 13.4. The quantitative estimate of drug-likeness (QED) is 0.734. The van der Waals surface area contributed by atoms with Gasteiger partial charge in [-0.2, -0.15) is 0 Å². The van der Waals surface area contributed by atoms with Crippen molar-refractivity contribution >= 4 is 41.2 Å². The second-order valence-electron chi connectivity index (χ2n) is 3.45. The zero-order valence-electron chi connectivity index (χ0n) is 8.99. The van der Waals surface area contributed by atoms with E-state index in [2.05, 4.69) is 0 Å². The summed E-state index contributed by atoms with van der Waals surface area (Å²) in [5.74, 6) is -0.532. The standard InChI is InChI=1S/C13H7Cl2FOS/c14-10-5-4-8(6-11(10)15)18-13-3-1-2-12(16)9(13)7-17/h1-7H. The molecule has 0 aliphatic carbocycles. The third kappa shape index (κ3) is 2.86. The molecule has 2 aromatic carbocycles. The van der Waals surface area contributed by atoms with E-state index in [9.17, 15) is 9.18 Å². The van der Waals surface area contributed by atoms with Gasteiger partial charge in [0.2, 0.25) is 0 Å². The zero-order valence-corrected chi connectivity index (χ0v) is 11.3. The molecule has 0 saturated heterocycles. The number of carbonyl (C=O) groups excluding carboxylic acids is 1. The van der Waals surface area contributed by atoms with Crippen molar-refractivity contribution in [2.24, 2.45) is 0 Å². The fourth-order valence-corrected chi connectivity index (χ4v) is 2.72. The van der Waals surface area contributed by atoms with E-state index in [0.29, 0.717) is 21.2 Å². The SMILES string of the molecule is O=Cc1c(F)cccc1Sc1ccc(Cl)c(Cl)c1. The van der Waals surface area contributed by atoms with Crippen molar-refractivity contribution in [3.63, 3.8) is 0 Å². The molecule has 0 radical (unpaired) electrons. The first-order chi connectivity index (χ1) is 8.61. The molecule has 5 heteroatoms. The molecule has 0 saturated carbocycles. The van der Waals surface area contributed by atoms with Crippen LogP contribution in [-0.4, -0.2) is 6.29 Å². The van der Waals surface area contributed by atoms with Crippen molar-refractivity contribution in [3.05, 3.63) is 57.8 Å². The van der Waals surface area contributed by atoms with E-state index in [1.807, 2.05) is 0 Å². The fraction of sp³-hybridized carbons (Fsp3) is 0. The summed E-state index contributed by atoms with van der Waals surface area (Å²) in [6, 6.07) is 9.59. The fourth-order valence-electron chi connectivity index (χ4n) is 1.39. The molecule has 0 amide bonds. The average Bonchev–Trinajstić information content (AvgIpc) is 2.34. The highest BCUT2D eigenvalue weighted by Crippen LogP contribution is 2.34. The van der Waals surface area contributed by atoms with Gasteiger partial charge >= 0.3 is 0 Å². The molecule has 0 bridgehead atoms. The summed E-state index contributed by atoms with van der Waals surface area (Å²) < 4.78 is 13.4. The number of rotatable bonds is 3. The molecule has 0 spiro atoms. The van der Waals surface area contributed by atoms with Crippen molar-refractivity contribution < 1.29 is 9.18 Å². The van der Waals surface area contributed by atoms with Gasteiger partial charge in [0.25, 0.3) is 0 Å². The second-order valence-corrected chi connectivity index (χ2v) is 5.38. The summed E-state index contributed by atoms with van der Waals surface area (Å²) in [6.45, 7) is 0. The van der Waals surface area contributed by atoms with E-state index in [1.54, 1.807) is 30.3 Å². The van der Waals surface area contributed by atoms with Gasteiger partial charge in [-0.15, -0.1) is 0 Å². The van der Waals surface area contributed by atoms with Gasteiger partial charge in [0.1, 0.15) is 5.82 Å². The molecule has 1 nitrogen and oxygen atoms in total. The molecule has 2 rings (SSSR count). The maximum absolute atomic E-state index is 13.4. The Morgan fingerprint density at radius 1 is 1.11 bits per heavy atom. The molecular formula is C13H7Cl2FOS. The molecule has 0 aliphatic rings. The smallest absolute Gasteiger partial charge is 0.154 e. The summed E-state index contributed by atoms with van der Waals surface area (Å²) in [4.78, 5) is 12.2. The molecule has 0 aliphatic heterocycles. The molecule has 0 aromatic heterocycles. The van der Waals surface area contributed by atoms with Crippen molar-refractivity contribution in [1.29, 1.82) is 0 Å². The minimum absolute atomic E-state index is 0.0496. The number of carbonyl (C=O) groups is 1. The molecule has 0 atom stereocenters. The lowest BCUT2D eigenvalue weighted by Gasteiger charge is -2.06. The predicted octanol–water partition coefficient (Wildman–Crippen LogP) is 5.10. The first-order valence-corrected chi connectivity index (χ1v) is 6.55. The highest BCUT2D eigenvalue weighted by Gasteiger charge is 2.09. The summed E-state index contributed by atoms with van der Waals surface area (Å²) in [6.07, 6.45) is 0.509. The van der Waals surface area contributed by atoms with Crippen LogP contribution < -0.4 is 0 Å². The van der Waals surface area contributed by atoms with Crippen molar-refractivity contribution in [2.75, 3.05) is 0 Å². The molecule has 92 valence electrons. The van der Waals surface area contributed by atoms with Crippen LogP contribution in [0.1, 0.15) is 10.4 Å². The molecule has 0 unspecified atom stereocenters. The summed E-state index contributed by atoms with van der Waals surface area (Å²) in [5, 5.41) is 0.876. The van der Waals surface area contributed by atoms with Crippen LogP contribution in [0.5, 0.6) is 0 Å². The van der Waals surface area contributed by atoms with Crippen molar-refractivity contribution in [2.45, 2.75) is 9.79 Å². The van der Waals surface area contributed by atoms with Gasteiger partial charge in [0.05, 0.1) is 15.6 Å². The Bertz CT molecular complexity index is 602. The van der Waals surface area contributed by atoms with Crippen LogP contribution >= 0.6 is 35.0 Å². The average molecular weight is 301 g/mol.